The molecule has 1 aromatic heterocycles. The SMILES string of the molecule is Cc1ccccc1C(CC(=O)N(C)Cc1ccncn1)c1ccccc1. The zero-order chi connectivity index (χ0) is 18.4. The summed E-state index contributed by atoms with van der Waals surface area (Å²) in [7, 11) is 1.82. The van der Waals surface area contributed by atoms with E-state index in [-0.39, 0.29) is 11.8 Å². The average Bonchev–Trinajstić information content (AvgIpc) is 2.68. The lowest BCUT2D eigenvalue weighted by Crippen LogP contribution is -2.28. The van der Waals surface area contributed by atoms with E-state index in [2.05, 4.69) is 41.2 Å². The molecule has 1 atom stereocenters. The van der Waals surface area contributed by atoms with Crippen LogP contribution in [0, 0.1) is 6.92 Å². The van der Waals surface area contributed by atoms with Crippen molar-refractivity contribution in [1.29, 1.82) is 0 Å². The number of aromatic nitrogens is 2. The summed E-state index contributed by atoms with van der Waals surface area (Å²) in [5.41, 5.74) is 4.39. The van der Waals surface area contributed by atoms with Gasteiger partial charge in [0.1, 0.15) is 6.33 Å². The van der Waals surface area contributed by atoms with Crippen molar-refractivity contribution in [2.24, 2.45) is 0 Å². The van der Waals surface area contributed by atoms with Crippen molar-refractivity contribution < 1.29 is 4.79 Å². The van der Waals surface area contributed by atoms with Crippen molar-refractivity contribution in [2.75, 3.05) is 7.05 Å². The number of hydrogen-bond acceptors (Lipinski definition) is 3. The van der Waals surface area contributed by atoms with Crippen molar-refractivity contribution in [3.8, 4) is 0 Å². The minimum absolute atomic E-state index is 0.0396. The summed E-state index contributed by atoms with van der Waals surface area (Å²) < 4.78 is 0. The highest BCUT2D eigenvalue weighted by atomic mass is 16.2. The second kappa shape index (κ2) is 8.39. The smallest absolute Gasteiger partial charge is 0.223 e. The molecule has 1 heterocycles. The maximum absolute atomic E-state index is 12.9. The van der Waals surface area contributed by atoms with Crippen molar-refractivity contribution >= 4 is 5.91 Å². The number of hydrogen-bond donors (Lipinski definition) is 0. The molecule has 0 aliphatic rings. The predicted octanol–water partition coefficient (Wildman–Crippen LogP) is 3.97. The van der Waals surface area contributed by atoms with Crippen LogP contribution < -0.4 is 0 Å². The largest absolute Gasteiger partial charge is 0.340 e. The number of benzene rings is 2. The van der Waals surface area contributed by atoms with E-state index in [0.29, 0.717) is 13.0 Å². The highest BCUT2D eigenvalue weighted by Gasteiger charge is 2.21. The summed E-state index contributed by atoms with van der Waals surface area (Å²) in [6.07, 6.45) is 3.63. The topological polar surface area (TPSA) is 46.1 Å². The fraction of sp³-hybridized carbons (Fsp3) is 0.227. The lowest BCUT2D eigenvalue weighted by molar-refractivity contribution is -0.130. The van der Waals surface area contributed by atoms with Crippen LogP contribution in [0.1, 0.15) is 34.7 Å². The standard InChI is InChI=1S/C22H23N3O/c1-17-8-6-7-11-20(17)21(18-9-4-3-5-10-18)14-22(26)25(2)15-19-12-13-23-16-24-19/h3-13,16,21H,14-15H2,1-2H3. The third kappa shape index (κ3) is 4.33. The van der Waals surface area contributed by atoms with Crippen LogP contribution in [0.2, 0.25) is 0 Å². The van der Waals surface area contributed by atoms with Gasteiger partial charge in [-0.25, -0.2) is 9.97 Å². The van der Waals surface area contributed by atoms with Crippen LogP contribution in [0.3, 0.4) is 0 Å². The Bertz CT molecular complexity index is 850. The molecule has 0 N–H and O–H groups in total. The number of amides is 1. The first-order valence-electron chi connectivity index (χ1n) is 8.74. The molecule has 0 saturated carbocycles. The van der Waals surface area contributed by atoms with E-state index >= 15 is 0 Å². The van der Waals surface area contributed by atoms with E-state index < -0.39 is 0 Å². The van der Waals surface area contributed by atoms with Crippen molar-refractivity contribution in [2.45, 2.75) is 25.8 Å². The number of aryl methyl sites for hydroxylation is 1. The third-order valence-electron chi connectivity index (χ3n) is 4.61. The average molecular weight is 345 g/mol. The van der Waals surface area contributed by atoms with Gasteiger partial charge in [0.25, 0.3) is 0 Å². The number of rotatable bonds is 6. The Morgan fingerprint density at radius 2 is 1.77 bits per heavy atom. The van der Waals surface area contributed by atoms with E-state index in [4.69, 9.17) is 0 Å². The summed E-state index contributed by atoms with van der Waals surface area (Å²) in [5.74, 6) is 0.137. The first-order valence-corrected chi connectivity index (χ1v) is 8.74. The second-order valence-corrected chi connectivity index (χ2v) is 6.47. The molecule has 1 unspecified atom stereocenters. The molecule has 0 radical (unpaired) electrons. The van der Waals surface area contributed by atoms with Gasteiger partial charge in [0.2, 0.25) is 5.91 Å². The van der Waals surface area contributed by atoms with E-state index in [1.165, 1.54) is 17.5 Å². The van der Waals surface area contributed by atoms with Crippen molar-refractivity contribution in [3.05, 3.63) is 95.6 Å². The Morgan fingerprint density at radius 3 is 2.46 bits per heavy atom. The molecule has 3 aromatic rings. The van der Waals surface area contributed by atoms with Gasteiger partial charge in [0.05, 0.1) is 12.2 Å². The molecule has 1 amide bonds. The first kappa shape index (κ1) is 17.8. The summed E-state index contributed by atoms with van der Waals surface area (Å²) >= 11 is 0. The van der Waals surface area contributed by atoms with Gasteiger partial charge in [-0.15, -0.1) is 0 Å². The van der Waals surface area contributed by atoms with Crippen LogP contribution in [0.25, 0.3) is 0 Å². The molecule has 4 nitrogen and oxygen atoms in total. The monoisotopic (exact) mass is 345 g/mol. The van der Waals surface area contributed by atoms with Crippen molar-refractivity contribution in [1.82, 2.24) is 14.9 Å². The summed E-state index contributed by atoms with van der Waals surface area (Å²) in [6.45, 7) is 2.58. The van der Waals surface area contributed by atoms with E-state index in [1.54, 1.807) is 11.1 Å². The fourth-order valence-electron chi connectivity index (χ4n) is 3.14. The number of nitrogens with zero attached hydrogens (tertiary/aromatic N) is 3. The van der Waals surface area contributed by atoms with Gasteiger partial charge in [-0.05, 0) is 29.7 Å². The molecule has 0 aliphatic heterocycles. The van der Waals surface area contributed by atoms with Crippen LogP contribution in [0.15, 0.2) is 73.2 Å². The summed E-state index contributed by atoms with van der Waals surface area (Å²) in [6, 6.07) is 20.3. The van der Waals surface area contributed by atoms with Crippen LogP contribution in [-0.4, -0.2) is 27.8 Å². The second-order valence-electron chi connectivity index (χ2n) is 6.47. The van der Waals surface area contributed by atoms with E-state index in [9.17, 15) is 4.79 Å². The fourth-order valence-corrected chi connectivity index (χ4v) is 3.14. The van der Waals surface area contributed by atoms with Crippen molar-refractivity contribution in [3.63, 3.8) is 0 Å². The molecule has 0 fully saturated rings. The van der Waals surface area contributed by atoms with Gasteiger partial charge in [-0.1, -0.05) is 54.6 Å². The molecule has 0 spiro atoms. The maximum Gasteiger partial charge on any atom is 0.223 e. The normalized spacial score (nSPS) is 11.8. The zero-order valence-corrected chi connectivity index (χ0v) is 15.2. The lowest BCUT2D eigenvalue weighted by atomic mass is 9.85. The minimum atomic E-state index is 0.0396. The van der Waals surface area contributed by atoms with Gasteiger partial charge >= 0.3 is 0 Å². The molecular weight excluding hydrogens is 322 g/mol. The van der Waals surface area contributed by atoms with Gasteiger partial charge in [-0.3, -0.25) is 4.79 Å². The first-order chi connectivity index (χ1) is 12.6. The Labute approximate surface area is 154 Å². The molecule has 0 saturated heterocycles. The van der Waals surface area contributed by atoms with Crippen LogP contribution in [0.5, 0.6) is 0 Å². The number of carbonyl (C=O) groups excluding carboxylic acids is 1. The quantitative estimate of drug-likeness (QED) is 0.679. The van der Waals surface area contributed by atoms with Gasteiger partial charge in [0, 0.05) is 25.6 Å². The molecule has 3 rings (SSSR count). The van der Waals surface area contributed by atoms with Crippen LogP contribution >= 0.6 is 0 Å². The third-order valence-corrected chi connectivity index (χ3v) is 4.61. The lowest BCUT2D eigenvalue weighted by Gasteiger charge is -2.23. The van der Waals surface area contributed by atoms with Gasteiger partial charge in [-0.2, -0.15) is 0 Å². The molecule has 26 heavy (non-hydrogen) atoms. The van der Waals surface area contributed by atoms with E-state index in [0.717, 1.165) is 11.3 Å². The molecule has 2 aromatic carbocycles. The van der Waals surface area contributed by atoms with Gasteiger partial charge < -0.3 is 4.90 Å². The Morgan fingerprint density at radius 1 is 1.04 bits per heavy atom. The Kier molecular flexibility index (Phi) is 5.74. The predicted molar refractivity (Wildman–Crippen MR) is 103 cm³/mol. The van der Waals surface area contributed by atoms with E-state index in [1.807, 2.05) is 43.4 Å². The highest BCUT2D eigenvalue weighted by molar-refractivity contribution is 5.77. The summed E-state index contributed by atoms with van der Waals surface area (Å²) in [4.78, 5) is 22.8. The zero-order valence-electron chi connectivity index (χ0n) is 15.2. The molecular formula is C22H23N3O. The number of carbonyl (C=O) groups is 1. The molecule has 0 bridgehead atoms. The Balaban J connectivity index is 1.82. The van der Waals surface area contributed by atoms with Crippen LogP contribution in [-0.2, 0) is 11.3 Å². The molecule has 0 aliphatic carbocycles. The molecule has 132 valence electrons. The van der Waals surface area contributed by atoms with Crippen LogP contribution in [0.4, 0.5) is 0 Å². The Hall–Kier alpha value is -3.01. The van der Waals surface area contributed by atoms with Gasteiger partial charge in [0.15, 0.2) is 0 Å². The molecule has 4 heteroatoms. The maximum atomic E-state index is 12.9. The summed E-state index contributed by atoms with van der Waals surface area (Å²) in [5, 5.41) is 0. The highest BCUT2D eigenvalue weighted by Crippen LogP contribution is 2.30. The minimum Gasteiger partial charge on any atom is -0.340 e.